The van der Waals surface area contributed by atoms with Gasteiger partial charge in [-0.05, 0) is 71.7 Å². The van der Waals surface area contributed by atoms with Gasteiger partial charge in [0.05, 0.1) is 16.3 Å². The molecule has 0 fully saturated rings. The molecule has 3 heterocycles. The molecule has 0 spiro atoms. The Bertz CT molecular complexity index is 1580. The van der Waals surface area contributed by atoms with E-state index in [1.165, 1.54) is 11.8 Å². The second-order valence-electron chi connectivity index (χ2n) is 7.64. The SMILES string of the molecule is Clc1ccc(-c2csc(Sc3nnc(-c4cccs4)n3-c3ccc(Oc4ccccc4)cc3)n2)cc1. The van der Waals surface area contributed by atoms with Gasteiger partial charge in [-0.1, -0.05) is 48.0 Å². The van der Waals surface area contributed by atoms with Crippen LogP contribution < -0.4 is 4.74 Å². The summed E-state index contributed by atoms with van der Waals surface area (Å²) in [6.45, 7) is 0. The summed E-state index contributed by atoms with van der Waals surface area (Å²) in [7, 11) is 0. The normalized spacial score (nSPS) is 11.0. The van der Waals surface area contributed by atoms with E-state index in [2.05, 4.69) is 20.8 Å². The minimum Gasteiger partial charge on any atom is -0.457 e. The van der Waals surface area contributed by atoms with Gasteiger partial charge >= 0.3 is 0 Å². The highest BCUT2D eigenvalue weighted by Gasteiger charge is 2.19. The maximum Gasteiger partial charge on any atom is 0.203 e. The van der Waals surface area contributed by atoms with E-state index in [1.807, 2.05) is 95.7 Å². The third kappa shape index (κ3) is 4.94. The summed E-state index contributed by atoms with van der Waals surface area (Å²) in [6, 6.07) is 29.4. The number of benzene rings is 3. The highest BCUT2D eigenvalue weighted by molar-refractivity contribution is 8.00. The van der Waals surface area contributed by atoms with Crippen molar-refractivity contribution >= 4 is 46.0 Å². The van der Waals surface area contributed by atoms with Crippen LogP contribution in [-0.4, -0.2) is 19.7 Å². The third-order valence-corrected chi connectivity index (χ3v) is 8.25. The molecule has 6 aromatic rings. The van der Waals surface area contributed by atoms with Crippen molar-refractivity contribution in [2.45, 2.75) is 9.50 Å². The Kier molecular flexibility index (Phi) is 6.57. The summed E-state index contributed by atoms with van der Waals surface area (Å²) in [5, 5.41) is 14.6. The minimum absolute atomic E-state index is 0.706. The first-order chi connectivity index (χ1) is 17.7. The van der Waals surface area contributed by atoms with Gasteiger partial charge in [-0.3, -0.25) is 4.57 Å². The van der Waals surface area contributed by atoms with Gasteiger partial charge in [-0.15, -0.1) is 32.9 Å². The zero-order valence-corrected chi connectivity index (χ0v) is 21.8. The maximum atomic E-state index is 6.04. The summed E-state index contributed by atoms with van der Waals surface area (Å²) in [5.74, 6) is 2.35. The monoisotopic (exact) mass is 544 g/mol. The van der Waals surface area contributed by atoms with Crippen LogP contribution in [0.2, 0.25) is 5.02 Å². The Hall–Kier alpha value is -3.43. The predicted molar refractivity (Wildman–Crippen MR) is 148 cm³/mol. The number of aromatic nitrogens is 4. The van der Waals surface area contributed by atoms with Crippen LogP contribution in [-0.2, 0) is 0 Å². The van der Waals surface area contributed by atoms with Crippen LogP contribution >= 0.6 is 46.0 Å². The summed E-state index contributed by atoms with van der Waals surface area (Å²) in [6.07, 6.45) is 0. The lowest BCUT2D eigenvalue weighted by atomic mass is 10.2. The molecule has 9 heteroatoms. The molecule has 5 nitrogen and oxygen atoms in total. The second-order valence-corrected chi connectivity index (χ2v) is 11.1. The molecule has 0 N–H and O–H groups in total. The van der Waals surface area contributed by atoms with Crippen molar-refractivity contribution in [3.8, 4) is 39.1 Å². The highest BCUT2D eigenvalue weighted by atomic mass is 35.5. The molecule has 0 radical (unpaired) electrons. The maximum absolute atomic E-state index is 6.04. The number of nitrogens with zero attached hydrogens (tertiary/aromatic N) is 4. The Labute approximate surface area is 225 Å². The molecule has 3 aromatic carbocycles. The van der Waals surface area contributed by atoms with Gasteiger partial charge in [0.15, 0.2) is 10.2 Å². The van der Waals surface area contributed by atoms with E-state index in [-0.39, 0.29) is 0 Å². The molecule has 176 valence electrons. The van der Waals surface area contributed by atoms with Crippen molar-refractivity contribution in [2.75, 3.05) is 0 Å². The number of thiophene rings is 1. The molecule has 6 rings (SSSR count). The smallest absolute Gasteiger partial charge is 0.203 e. The molecule has 0 aliphatic rings. The first-order valence-electron chi connectivity index (χ1n) is 10.9. The number of halogens is 1. The van der Waals surface area contributed by atoms with E-state index in [4.69, 9.17) is 21.3 Å². The number of hydrogen-bond donors (Lipinski definition) is 0. The van der Waals surface area contributed by atoms with Gasteiger partial charge in [-0.2, -0.15) is 0 Å². The van der Waals surface area contributed by atoms with Crippen molar-refractivity contribution in [1.82, 2.24) is 19.7 Å². The van der Waals surface area contributed by atoms with E-state index < -0.39 is 0 Å². The first-order valence-corrected chi connectivity index (χ1v) is 13.9. The van der Waals surface area contributed by atoms with Crippen LogP contribution in [0.4, 0.5) is 0 Å². The van der Waals surface area contributed by atoms with Crippen LogP contribution in [0, 0.1) is 0 Å². The topological polar surface area (TPSA) is 52.8 Å². The predicted octanol–water partition coefficient (Wildman–Crippen LogP) is 8.72. The number of hydrogen-bond acceptors (Lipinski definition) is 7. The fourth-order valence-electron chi connectivity index (χ4n) is 3.56. The molecule has 0 saturated carbocycles. The minimum atomic E-state index is 0.706. The molecule has 0 aliphatic carbocycles. The molecular weight excluding hydrogens is 528 g/mol. The molecule has 36 heavy (non-hydrogen) atoms. The van der Waals surface area contributed by atoms with Crippen LogP contribution in [0.25, 0.3) is 27.6 Å². The summed E-state index contributed by atoms with van der Waals surface area (Å²) >= 11 is 10.7. The van der Waals surface area contributed by atoms with Gasteiger partial charge in [0.25, 0.3) is 0 Å². The van der Waals surface area contributed by atoms with E-state index in [1.54, 1.807) is 22.7 Å². The number of ether oxygens (including phenoxy) is 1. The van der Waals surface area contributed by atoms with Crippen molar-refractivity contribution in [2.24, 2.45) is 0 Å². The Balaban J connectivity index is 1.32. The highest BCUT2D eigenvalue weighted by Crippen LogP contribution is 2.37. The average molecular weight is 545 g/mol. The second kappa shape index (κ2) is 10.3. The van der Waals surface area contributed by atoms with Crippen molar-refractivity contribution in [3.63, 3.8) is 0 Å². The van der Waals surface area contributed by atoms with Crippen molar-refractivity contribution in [3.05, 3.63) is 107 Å². The van der Waals surface area contributed by atoms with Gasteiger partial charge in [-0.25, -0.2) is 4.98 Å². The molecule has 0 bridgehead atoms. The van der Waals surface area contributed by atoms with E-state index in [0.717, 1.165) is 48.6 Å². The van der Waals surface area contributed by atoms with E-state index in [9.17, 15) is 0 Å². The van der Waals surface area contributed by atoms with Gasteiger partial charge in [0, 0.05) is 16.0 Å². The van der Waals surface area contributed by atoms with Crippen LogP contribution in [0.15, 0.2) is 111 Å². The zero-order chi connectivity index (χ0) is 24.3. The van der Waals surface area contributed by atoms with E-state index in [0.29, 0.717) is 5.02 Å². The number of para-hydroxylation sites is 1. The molecule has 0 aliphatic heterocycles. The molecule has 0 amide bonds. The van der Waals surface area contributed by atoms with Crippen LogP contribution in [0.1, 0.15) is 0 Å². The third-order valence-electron chi connectivity index (χ3n) is 5.25. The van der Waals surface area contributed by atoms with E-state index >= 15 is 0 Å². The first kappa shape index (κ1) is 23.0. The average Bonchev–Trinajstić information content (AvgIpc) is 3.68. The van der Waals surface area contributed by atoms with Crippen LogP contribution in [0.3, 0.4) is 0 Å². The Morgan fingerprint density at radius 3 is 2.31 bits per heavy atom. The molecule has 3 aromatic heterocycles. The quantitative estimate of drug-likeness (QED) is 0.201. The Morgan fingerprint density at radius 1 is 0.778 bits per heavy atom. The fourth-order valence-corrected chi connectivity index (χ4v) is 6.16. The number of thiazole rings is 1. The van der Waals surface area contributed by atoms with Gasteiger partial charge in [0.1, 0.15) is 11.5 Å². The fraction of sp³-hybridized carbons (Fsp3) is 0. The summed E-state index contributed by atoms with van der Waals surface area (Å²) < 4.78 is 8.92. The lowest BCUT2D eigenvalue weighted by Gasteiger charge is -2.10. The van der Waals surface area contributed by atoms with Gasteiger partial charge in [0.2, 0.25) is 5.16 Å². The zero-order valence-electron chi connectivity index (χ0n) is 18.6. The standard InChI is InChI=1S/C27H17ClN4OS3/c28-19-10-8-18(9-11-19)23-17-35-27(29-23)36-26-31-30-25(24-7-4-16-34-24)32(26)20-12-14-22(15-13-20)33-21-5-2-1-3-6-21/h1-17H. The van der Waals surface area contributed by atoms with Crippen molar-refractivity contribution in [1.29, 1.82) is 0 Å². The molecule has 0 unspecified atom stereocenters. The molecule has 0 saturated heterocycles. The van der Waals surface area contributed by atoms with Crippen molar-refractivity contribution < 1.29 is 4.74 Å². The van der Waals surface area contributed by atoms with Gasteiger partial charge < -0.3 is 4.74 Å². The molecule has 0 atom stereocenters. The van der Waals surface area contributed by atoms with Crippen LogP contribution in [0.5, 0.6) is 11.5 Å². The molecular formula is C27H17ClN4OS3. The lowest BCUT2D eigenvalue weighted by molar-refractivity contribution is 0.482. The summed E-state index contributed by atoms with van der Waals surface area (Å²) in [4.78, 5) is 5.85. The number of rotatable bonds is 7. The lowest BCUT2D eigenvalue weighted by Crippen LogP contribution is -1.99. The largest absolute Gasteiger partial charge is 0.457 e. The Morgan fingerprint density at radius 2 is 1.56 bits per heavy atom. The summed E-state index contributed by atoms with van der Waals surface area (Å²) in [5.41, 5.74) is 2.88.